The minimum Gasteiger partial charge on any atom is -0.350 e. The van der Waals surface area contributed by atoms with Gasteiger partial charge in [0.1, 0.15) is 5.70 Å². The van der Waals surface area contributed by atoms with Crippen LogP contribution in [-0.2, 0) is 9.59 Å². The number of amides is 2. The Morgan fingerprint density at radius 2 is 1.55 bits per heavy atom. The van der Waals surface area contributed by atoms with Gasteiger partial charge in [-0.1, -0.05) is 71.7 Å². The van der Waals surface area contributed by atoms with Crippen molar-refractivity contribution in [2.75, 3.05) is 10.2 Å². The lowest BCUT2D eigenvalue weighted by molar-refractivity contribution is -0.120. The van der Waals surface area contributed by atoms with Gasteiger partial charge in [0, 0.05) is 5.69 Å². The quantitative estimate of drug-likeness (QED) is 0.548. The predicted molar refractivity (Wildman–Crippen MR) is 117 cm³/mol. The number of hydrogen-bond donors (Lipinski definition) is 1. The van der Waals surface area contributed by atoms with Crippen molar-refractivity contribution >= 4 is 52.0 Å². The van der Waals surface area contributed by atoms with Crippen LogP contribution in [0.25, 0.3) is 5.57 Å². The van der Waals surface area contributed by atoms with Crippen LogP contribution in [-0.4, -0.2) is 11.8 Å². The first-order valence-corrected chi connectivity index (χ1v) is 9.69. The van der Waals surface area contributed by atoms with Gasteiger partial charge in [0.25, 0.3) is 11.8 Å². The second-order valence-electron chi connectivity index (χ2n) is 6.63. The van der Waals surface area contributed by atoms with Crippen LogP contribution in [0, 0.1) is 6.92 Å². The van der Waals surface area contributed by atoms with Crippen molar-refractivity contribution in [3.63, 3.8) is 0 Å². The maximum atomic E-state index is 13.4. The summed E-state index contributed by atoms with van der Waals surface area (Å²) >= 11 is 12.4. The summed E-state index contributed by atoms with van der Waals surface area (Å²) in [4.78, 5) is 27.8. The summed E-state index contributed by atoms with van der Waals surface area (Å²) in [5, 5.41) is 3.56. The number of halogens is 2. The zero-order valence-corrected chi connectivity index (χ0v) is 17.0. The third-order valence-corrected chi connectivity index (χ3v) is 5.41. The van der Waals surface area contributed by atoms with Crippen molar-refractivity contribution in [2.24, 2.45) is 0 Å². The Kier molecular flexibility index (Phi) is 5.14. The van der Waals surface area contributed by atoms with Crippen molar-refractivity contribution in [3.8, 4) is 0 Å². The van der Waals surface area contributed by atoms with E-state index in [9.17, 15) is 9.59 Å². The van der Waals surface area contributed by atoms with E-state index in [2.05, 4.69) is 5.32 Å². The Bertz CT molecular complexity index is 1160. The molecule has 0 aromatic heterocycles. The van der Waals surface area contributed by atoms with Crippen molar-refractivity contribution in [2.45, 2.75) is 6.92 Å². The molecule has 4 rings (SSSR count). The van der Waals surface area contributed by atoms with Crippen molar-refractivity contribution in [1.29, 1.82) is 0 Å². The van der Waals surface area contributed by atoms with Crippen LogP contribution in [0.4, 0.5) is 11.4 Å². The third kappa shape index (κ3) is 3.53. The Morgan fingerprint density at radius 1 is 0.828 bits per heavy atom. The van der Waals surface area contributed by atoms with Gasteiger partial charge in [-0.05, 0) is 42.3 Å². The molecule has 0 bridgehead atoms. The number of rotatable bonds is 4. The molecular weight excluding hydrogens is 407 g/mol. The molecule has 6 heteroatoms. The summed E-state index contributed by atoms with van der Waals surface area (Å²) in [5.74, 6) is -0.944. The number of hydrogen-bond acceptors (Lipinski definition) is 3. The molecule has 2 amide bonds. The molecule has 1 aliphatic rings. The molecule has 0 atom stereocenters. The summed E-state index contributed by atoms with van der Waals surface area (Å²) in [6, 6.07) is 21.5. The van der Waals surface area contributed by atoms with Gasteiger partial charge in [-0.2, -0.15) is 0 Å². The second-order valence-corrected chi connectivity index (χ2v) is 7.41. The van der Waals surface area contributed by atoms with Gasteiger partial charge in [0.2, 0.25) is 0 Å². The fraction of sp³-hybridized carbons (Fsp3) is 0.0435. The van der Waals surface area contributed by atoms with E-state index < -0.39 is 11.8 Å². The van der Waals surface area contributed by atoms with Gasteiger partial charge >= 0.3 is 0 Å². The van der Waals surface area contributed by atoms with Crippen LogP contribution in [0.5, 0.6) is 0 Å². The smallest absolute Gasteiger partial charge is 0.282 e. The molecule has 0 saturated heterocycles. The Morgan fingerprint density at radius 3 is 2.28 bits per heavy atom. The van der Waals surface area contributed by atoms with Gasteiger partial charge in [0.05, 0.1) is 21.3 Å². The number of anilines is 2. The SMILES string of the molecule is Cc1cccc(NC2=C(c3ccccc3)C(=O)N(c3cccc(Cl)c3Cl)C2=O)c1. The summed E-state index contributed by atoms with van der Waals surface area (Å²) in [7, 11) is 0. The normalized spacial score (nSPS) is 14.0. The lowest BCUT2D eigenvalue weighted by Gasteiger charge is -2.17. The molecule has 144 valence electrons. The molecular formula is C23H16Cl2N2O2. The van der Waals surface area contributed by atoms with E-state index in [1.807, 2.05) is 49.4 Å². The fourth-order valence-electron chi connectivity index (χ4n) is 3.27. The first kappa shape index (κ1) is 19.2. The van der Waals surface area contributed by atoms with Crippen LogP contribution >= 0.6 is 23.2 Å². The molecule has 29 heavy (non-hydrogen) atoms. The van der Waals surface area contributed by atoms with E-state index >= 15 is 0 Å². The molecule has 0 saturated carbocycles. The number of nitrogens with one attached hydrogen (secondary N) is 1. The predicted octanol–water partition coefficient (Wildman–Crippen LogP) is 5.70. The van der Waals surface area contributed by atoms with Crippen LogP contribution in [0.15, 0.2) is 78.5 Å². The highest BCUT2D eigenvalue weighted by molar-refractivity contribution is 6.50. The summed E-state index contributed by atoms with van der Waals surface area (Å²) in [6.07, 6.45) is 0. The van der Waals surface area contributed by atoms with E-state index in [0.29, 0.717) is 11.3 Å². The second kappa shape index (κ2) is 7.74. The first-order valence-electron chi connectivity index (χ1n) is 8.93. The van der Waals surface area contributed by atoms with Crippen LogP contribution in [0.3, 0.4) is 0 Å². The lowest BCUT2D eigenvalue weighted by atomic mass is 10.0. The van der Waals surface area contributed by atoms with E-state index in [4.69, 9.17) is 23.2 Å². The number of carbonyl (C=O) groups is 2. The van der Waals surface area contributed by atoms with E-state index in [1.165, 1.54) is 0 Å². The van der Waals surface area contributed by atoms with Crippen molar-refractivity contribution in [1.82, 2.24) is 0 Å². The van der Waals surface area contributed by atoms with Crippen molar-refractivity contribution < 1.29 is 9.59 Å². The van der Waals surface area contributed by atoms with E-state index in [1.54, 1.807) is 30.3 Å². The third-order valence-electron chi connectivity index (χ3n) is 4.61. The zero-order chi connectivity index (χ0) is 20.5. The molecule has 1 heterocycles. The molecule has 0 spiro atoms. The Hall–Kier alpha value is -3.08. The fourth-order valence-corrected chi connectivity index (χ4v) is 3.65. The van der Waals surface area contributed by atoms with Crippen LogP contribution in [0.1, 0.15) is 11.1 Å². The minimum atomic E-state index is -0.487. The average Bonchev–Trinajstić information content (AvgIpc) is 2.95. The molecule has 1 aliphatic heterocycles. The van der Waals surface area contributed by atoms with Crippen molar-refractivity contribution in [3.05, 3.63) is 99.7 Å². The highest BCUT2D eigenvalue weighted by Gasteiger charge is 2.41. The van der Waals surface area contributed by atoms with Gasteiger partial charge < -0.3 is 5.32 Å². The maximum absolute atomic E-state index is 13.4. The molecule has 4 nitrogen and oxygen atoms in total. The molecule has 3 aromatic carbocycles. The summed E-state index contributed by atoms with van der Waals surface area (Å²) in [6.45, 7) is 1.96. The summed E-state index contributed by atoms with van der Waals surface area (Å²) in [5.41, 5.74) is 3.12. The number of benzene rings is 3. The molecule has 0 unspecified atom stereocenters. The largest absolute Gasteiger partial charge is 0.350 e. The number of imide groups is 1. The number of carbonyl (C=O) groups excluding carboxylic acids is 2. The molecule has 1 N–H and O–H groups in total. The molecule has 0 radical (unpaired) electrons. The van der Waals surface area contributed by atoms with E-state index in [-0.39, 0.29) is 27.0 Å². The molecule has 3 aromatic rings. The zero-order valence-electron chi connectivity index (χ0n) is 15.4. The van der Waals surface area contributed by atoms with Crippen LogP contribution < -0.4 is 10.2 Å². The maximum Gasteiger partial charge on any atom is 0.282 e. The molecule has 0 fully saturated rings. The van der Waals surface area contributed by atoms with Gasteiger partial charge in [0.15, 0.2) is 0 Å². The van der Waals surface area contributed by atoms with Crippen LogP contribution in [0.2, 0.25) is 10.0 Å². The van der Waals surface area contributed by atoms with E-state index in [0.717, 1.165) is 10.5 Å². The average molecular weight is 423 g/mol. The number of nitrogens with zero attached hydrogens (tertiary/aromatic N) is 1. The minimum absolute atomic E-state index is 0.153. The Balaban J connectivity index is 1.85. The standard InChI is InChI=1S/C23H16Cl2N2O2/c1-14-7-5-10-16(13-14)26-21-19(15-8-3-2-4-9-15)22(28)27(23(21)29)18-12-6-11-17(24)20(18)25/h2-13,26H,1H3. The van der Waals surface area contributed by atoms with Gasteiger partial charge in [-0.3, -0.25) is 9.59 Å². The highest BCUT2D eigenvalue weighted by Crippen LogP contribution is 2.39. The van der Waals surface area contributed by atoms with Gasteiger partial charge in [-0.15, -0.1) is 0 Å². The lowest BCUT2D eigenvalue weighted by Crippen LogP contribution is -2.32. The number of aryl methyl sites for hydroxylation is 1. The summed E-state index contributed by atoms with van der Waals surface area (Å²) < 4.78 is 0. The topological polar surface area (TPSA) is 49.4 Å². The Labute approximate surface area is 178 Å². The monoisotopic (exact) mass is 422 g/mol. The first-order chi connectivity index (χ1) is 14.0. The van der Waals surface area contributed by atoms with Gasteiger partial charge in [-0.25, -0.2) is 4.90 Å². The molecule has 0 aliphatic carbocycles. The highest BCUT2D eigenvalue weighted by atomic mass is 35.5.